The van der Waals surface area contributed by atoms with Crippen LogP contribution in [0.4, 0.5) is 5.69 Å². The molecule has 0 aromatic heterocycles. The third-order valence-electron chi connectivity index (χ3n) is 2.62. The Morgan fingerprint density at radius 1 is 1.47 bits per heavy atom. The maximum atomic E-state index is 11.3. The lowest BCUT2D eigenvalue weighted by Crippen LogP contribution is -2.32. The van der Waals surface area contributed by atoms with E-state index in [1.54, 1.807) is 0 Å². The highest BCUT2D eigenvalue weighted by Crippen LogP contribution is 2.23. The van der Waals surface area contributed by atoms with Crippen LogP contribution in [0.5, 0.6) is 0 Å². The van der Waals surface area contributed by atoms with E-state index in [2.05, 4.69) is 28.9 Å². The SMILES string of the molecule is CN1CCC(=O)NCc2cc(S)ccc21. The van der Waals surface area contributed by atoms with Gasteiger partial charge in [0.25, 0.3) is 0 Å². The minimum Gasteiger partial charge on any atom is -0.374 e. The summed E-state index contributed by atoms with van der Waals surface area (Å²) in [6.45, 7) is 1.34. The summed E-state index contributed by atoms with van der Waals surface area (Å²) < 4.78 is 0. The highest BCUT2D eigenvalue weighted by atomic mass is 32.1. The van der Waals surface area contributed by atoms with Gasteiger partial charge in [-0.05, 0) is 23.8 Å². The molecule has 4 heteroatoms. The Kier molecular flexibility index (Phi) is 2.86. The highest BCUT2D eigenvalue weighted by Gasteiger charge is 2.13. The number of rotatable bonds is 0. The van der Waals surface area contributed by atoms with Crippen LogP contribution in [0.3, 0.4) is 0 Å². The van der Waals surface area contributed by atoms with Crippen LogP contribution in [-0.2, 0) is 11.3 Å². The average molecular weight is 222 g/mol. The molecular formula is C11H14N2OS. The molecule has 0 saturated carbocycles. The summed E-state index contributed by atoms with van der Waals surface area (Å²) in [4.78, 5) is 14.4. The fraction of sp³-hybridized carbons (Fsp3) is 0.364. The molecule has 2 rings (SSSR count). The van der Waals surface area contributed by atoms with Crippen molar-refractivity contribution < 1.29 is 4.79 Å². The van der Waals surface area contributed by atoms with Crippen molar-refractivity contribution in [3.8, 4) is 0 Å². The van der Waals surface area contributed by atoms with Gasteiger partial charge in [0.05, 0.1) is 0 Å². The lowest BCUT2D eigenvalue weighted by atomic mass is 10.1. The van der Waals surface area contributed by atoms with Gasteiger partial charge in [-0.2, -0.15) is 0 Å². The highest BCUT2D eigenvalue weighted by molar-refractivity contribution is 7.80. The molecule has 1 heterocycles. The van der Waals surface area contributed by atoms with Gasteiger partial charge in [-0.15, -0.1) is 12.6 Å². The fourth-order valence-electron chi connectivity index (χ4n) is 1.76. The van der Waals surface area contributed by atoms with Gasteiger partial charge in [0.1, 0.15) is 0 Å². The van der Waals surface area contributed by atoms with Gasteiger partial charge in [-0.3, -0.25) is 4.79 Å². The van der Waals surface area contributed by atoms with Crippen LogP contribution < -0.4 is 10.2 Å². The summed E-state index contributed by atoms with van der Waals surface area (Å²) in [7, 11) is 2.01. The first-order chi connectivity index (χ1) is 7.16. The number of anilines is 1. The van der Waals surface area contributed by atoms with E-state index in [1.807, 2.05) is 19.2 Å². The summed E-state index contributed by atoms with van der Waals surface area (Å²) in [6, 6.07) is 6.03. The van der Waals surface area contributed by atoms with Gasteiger partial charge in [-0.25, -0.2) is 0 Å². The molecule has 0 aliphatic carbocycles. The number of benzene rings is 1. The van der Waals surface area contributed by atoms with Gasteiger partial charge in [-0.1, -0.05) is 0 Å². The second-order valence-corrected chi connectivity index (χ2v) is 4.28. The molecule has 1 aliphatic rings. The van der Waals surface area contributed by atoms with Crippen molar-refractivity contribution in [2.45, 2.75) is 17.9 Å². The van der Waals surface area contributed by atoms with Gasteiger partial charge in [0.2, 0.25) is 5.91 Å². The van der Waals surface area contributed by atoms with Crippen molar-refractivity contribution in [3.63, 3.8) is 0 Å². The topological polar surface area (TPSA) is 32.3 Å². The number of thiol groups is 1. The van der Waals surface area contributed by atoms with Gasteiger partial charge >= 0.3 is 0 Å². The van der Waals surface area contributed by atoms with Gasteiger partial charge in [0.15, 0.2) is 0 Å². The predicted molar refractivity (Wildman–Crippen MR) is 63.4 cm³/mol. The Morgan fingerprint density at radius 3 is 3.07 bits per heavy atom. The minimum absolute atomic E-state index is 0.108. The lowest BCUT2D eigenvalue weighted by Gasteiger charge is -2.25. The molecule has 3 nitrogen and oxygen atoms in total. The maximum Gasteiger partial charge on any atom is 0.222 e. The quantitative estimate of drug-likeness (QED) is 0.651. The minimum atomic E-state index is 0.108. The molecule has 0 saturated heterocycles. The molecule has 0 atom stereocenters. The second kappa shape index (κ2) is 4.14. The Hall–Kier alpha value is -1.16. The van der Waals surface area contributed by atoms with Gasteiger partial charge in [0, 0.05) is 37.1 Å². The molecule has 0 spiro atoms. The summed E-state index contributed by atoms with van der Waals surface area (Å²) in [6.07, 6.45) is 0.554. The zero-order valence-corrected chi connectivity index (χ0v) is 9.55. The molecule has 1 aromatic rings. The number of carbonyl (C=O) groups is 1. The number of carbonyl (C=O) groups excluding carboxylic acids is 1. The molecule has 1 aromatic carbocycles. The summed E-state index contributed by atoms with van der Waals surface area (Å²) >= 11 is 4.30. The van der Waals surface area contributed by atoms with E-state index < -0.39 is 0 Å². The molecule has 0 unspecified atom stereocenters. The first-order valence-corrected chi connectivity index (χ1v) is 5.41. The molecule has 0 bridgehead atoms. The summed E-state index contributed by atoms with van der Waals surface area (Å²) in [5.74, 6) is 0.108. The zero-order valence-electron chi connectivity index (χ0n) is 8.66. The molecule has 0 radical (unpaired) electrons. The van der Waals surface area contributed by atoms with Gasteiger partial charge < -0.3 is 10.2 Å². The number of fused-ring (bicyclic) bond motifs is 1. The van der Waals surface area contributed by atoms with E-state index in [4.69, 9.17) is 0 Å². The first kappa shape index (κ1) is 10.4. The standard InChI is InChI=1S/C11H14N2OS/c1-13-5-4-11(14)12-7-8-6-9(15)2-3-10(8)13/h2-3,6,15H,4-5,7H2,1H3,(H,12,14). The molecule has 1 N–H and O–H groups in total. The van der Waals surface area contributed by atoms with Crippen molar-refractivity contribution >= 4 is 24.2 Å². The molecule has 1 amide bonds. The number of hydrogen-bond donors (Lipinski definition) is 2. The summed E-state index contributed by atoms with van der Waals surface area (Å²) in [5.41, 5.74) is 2.30. The first-order valence-electron chi connectivity index (χ1n) is 4.96. The Balaban J connectivity index is 2.37. The van der Waals surface area contributed by atoms with Crippen molar-refractivity contribution in [1.82, 2.24) is 5.32 Å². The van der Waals surface area contributed by atoms with Crippen molar-refractivity contribution in [1.29, 1.82) is 0 Å². The van der Waals surface area contributed by atoms with E-state index >= 15 is 0 Å². The van der Waals surface area contributed by atoms with Crippen molar-refractivity contribution in [2.24, 2.45) is 0 Å². The third-order valence-corrected chi connectivity index (χ3v) is 2.90. The Bertz CT molecular complexity index is 392. The Morgan fingerprint density at radius 2 is 2.27 bits per heavy atom. The van der Waals surface area contributed by atoms with E-state index in [9.17, 15) is 4.79 Å². The van der Waals surface area contributed by atoms with Crippen molar-refractivity contribution in [2.75, 3.05) is 18.5 Å². The lowest BCUT2D eigenvalue weighted by molar-refractivity contribution is -0.121. The van der Waals surface area contributed by atoms with E-state index in [-0.39, 0.29) is 5.91 Å². The van der Waals surface area contributed by atoms with E-state index in [1.165, 1.54) is 5.69 Å². The van der Waals surface area contributed by atoms with Crippen molar-refractivity contribution in [3.05, 3.63) is 23.8 Å². The molecular weight excluding hydrogens is 208 g/mol. The number of hydrogen-bond acceptors (Lipinski definition) is 3. The molecule has 1 aliphatic heterocycles. The monoisotopic (exact) mass is 222 g/mol. The van der Waals surface area contributed by atoms with E-state index in [0.29, 0.717) is 13.0 Å². The van der Waals surface area contributed by atoms with E-state index in [0.717, 1.165) is 17.0 Å². The molecule has 0 fully saturated rings. The smallest absolute Gasteiger partial charge is 0.222 e. The third kappa shape index (κ3) is 2.26. The number of nitrogens with one attached hydrogen (secondary N) is 1. The molecule has 80 valence electrons. The largest absolute Gasteiger partial charge is 0.374 e. The summed E-state index contributed by atoms with van der Waals surface area (Å²) in [5, 5.41) is 2.89. The van der Waals surface area contributed by atoms with Crippen LogP contribution in [0, 0.1) is 0 Å². The van der Waals surface area contributed by atoms with Crippen LogP contribution >= 0.6 is 12.6 Å². The number of nitrogens with zero attached hydrogens (tertiary/aromatic N) is 1. The van der Waals surface area contributed by atoms with Crippen LogP contribution in [0.15, 0.2) is 23.1 Å². The predicted octanol–water partition coefficient (Wildman–Crippen LogP) is 1.43. The second-order valence-electron chi connectivity index (χ2n) is 3.76. The van der Waals surface area contributed by atoms with Crippen LogP contribution in [0.25, 0.3) is 0 Å². The molecule has 15 heavy (non-hydrogen) atoms. The van der Waals surface area contributed by atoms with Crippen LogP contribution in [0.2, 0.25) is 0 Å². The Labute approximate surface area is 94.9 Å². The van der Waals surface area contributed by atoms with Crippen LogP contribution in [-0.4, -0.2) is 19.5 Å². The zero-order chi connectivity index (χ0) is 10.8. The fourth-order valence-corrected chi connectivity index (χ4v) is 1.99. The number of amides is 1. The van der Waals surface area contributed by atoms with Crippen LogP contribution in [0.1, 0.15) is 12.0 Å². The maximum absolute atomic E-state index is 11.3. The normalized spacial score (nSPS) is 16.4. The average Bonchev–Trinajstić information content (AvgIpc) is 2.21.